The largest absolute Gasteiger partial charge is 0.391 e. The fraction of sp³-hybridized carbons (Fsp3) is 0.588. The van der Waals surface area contributed by atoms with Crippen LogP contribution in [-0.2, 0) is 16.1 Å². The first-order chi connectivity index (χ1) is 11.2. The lowest BCUT2D eigenvalue weighted by Crippen LogP contribution is -2.44. The molecule has 1 heterocycles. The Morgan fingerprint density at radius 2 is 2.22 bits per heavy atom. The molecule has 1 aromatic rings. The van der Waals surface area contributed by atoms with E-state index in [1.54, 1.807) is 4.90 Å². The Labute approximate surface area is 137 Å². The molecule has 2 N–H and O–H groups in total. The maximum atomic E-state index is 12.2. The lowest BCUT2D eigenvalue weighted by Gasteiger charge is -2.30. The predicted octanol–water partition coefficient (Wildman–Crippen LogP) is 2.23. The summed E-state index contributed by atoms with van der Waals surface area (Å²) in [5, 5.41) is 12.5. The number of amides is 2. The number of nitrogens with one attached hydrogen (secondary N) is 1. The van der Waals surface area contributed by atoms with Gasteiger partial charge in [0.15, 0.2) is 0 Å². The second-order valence-electron chi connectivity index (χ2n) is 5.62. The van der Waals surface area contributed by atoms with E-state index < -0.39 is 6.10 Å². The van der Waals surface area contributed by atoms with Gasteiger partial charge in [-0.15, -0.1) is 0 Å². The Morgan fingerprint density at radius 1 is 1.39 bits per heavy atom. The lowest BCUT2D eigenvalue weighted by molar-refractivity contribution is 0.0453. The van der Waals surface area contributed by atoms with Gasteiger partial charge in [-0.05, 0) is 37.5 Å². The molecule has 6 heteroatoms. The summed E-state index contributed by atoms with van der Waals surface area (Å²) in [6.07, 6.45) is 1.18. The normalized spacial score (nSPS) is 18.0. The summed E-state index contributed by atoms with van der Waals surface area (Å²) in [6.45, 7) is 5.35. The average molecular weight is 322 g/mol. The van der Waals surface area contributed by atoms with E-state index in [0.29, 0.717) is 39.5 Å². The van der Waals surface area contributed by atoms with Crippen LogP contribution in [0.4, 0.5) is 10.5 Å². The Morgan fingerprint density at radius 3 is 3.00 bits per heavy atom. The first kappa shape index (κ1) is 17.7. The van der Waals surface area contributed by atoms with E-state index in [4.69, 9.17) is 9.47 Å². The zero-order chi connectivity index (χ0) is 16.5. The van der Waals surface area contributed by atoms with Gasteiger partial charge in [-0.1, -0.05) is 12.1 Å². The number of nitrogens with zero attached hydrogens (tertiary/aromatic N) is 1. The number of anilines is 1. The molecule has 1 fully saturated rings. The van der Waals surface area contributed by atoms with Crippen molar-refractivity contribution in [3.63, 3.8) is 0 Å². The van der Waals surface area contributed by atoms with E-state index in [0.717, 1.165) is 24.1 Å². The van der Waals surface area contributed by atoms with Crippen LogP contribution in [0.2, 0.25) is 0 Å². The summed E-state index contributed by atoms with van der Waals surface area (Å²) >= 11 is 0. The highest BCUT2D eigenvalue weighted by Gasteiger charge is 2.21. The highest BCUT2D eigenvalue weighted by molar-refractivity contribution is 5.89. The van der Waals surface area contributed by atoms with Gasteiger partial charge in [-0.3, -0.25) is 0 Å². The van der Waals surface area contributed by atoms with Crippen LogP contribution in [0.1, 0.15) is 25.3 Å². The number of hydrogen-bond acceptors (Lipinski definition) is 4. The first-order valence-electron chi connectivity index (χ1n) is 8.17. The molecule has 1 aliphatic rings. The molecule has 2 rings (SSSR count). The highest BCUT2D eigenvalue weighted by Crippen LogP contribution is 2.15. The summed E-state index contributed by atoms with van der Waals surface area (Å²) in [7, 11) is 0. The minimum Gasteiger partial charge on any atom is -0.391 e. The van der Waals surface area contributed by atoms with Crippen LogP contribution in [0, 0.1) is 0 Å². The molecule has 0 saturated carbocycles. The molecule has 0 aliphatic carbocycles. The molecular weight excluding hydrogens is 296 g/mol. The van der Waals surface area contributed by atoms with Gasteiger partial charge in [0.05, 0.1) is 25.9 Å². The Bertz CT molecular complexity index is 495. The van der Waals surface area contributed by atoms with E-state index in [2.05, 4.69) is 5.32 Å². The van der Waals surface area contributed by atoms with Gasteiger partial charge in [-0.25, -0.2) is 4.79 Å². The molecule has 23 heavy (non-hydrogen) atoms. The van der Waals surface area contributed by atoms with Crippen LogP contribution in [0.15, 0.2) is 24.3 Å². The number of carbonyl (C=O) groups excluding carboxylic acids is 1. The van der Waals surface area contributed by atoms with Crippen molar-refractivity contribution in [2.75, 3.05) is 38.2 Å². The number of carbonyl (C=O) groups is 1. The van der Waals surface area contributed by atoms with E-state index in [-0.39, 0.29) is 6.03 Å². The number of urea groups is 1. The number of benzene rings is 1. The van der Waals surface area contributed by atoms with Gasteiger partial charge < -0.3 is 24.8 Å². The highest BCUT2D eigenvalue weighted by atomic mass is 16.5. The predicted molar refractivity (Wildman–Crippen MR) is 88.4 cm³/mol. The molecule has 0 aromatic heterocycles. The van der Waals surface area contributed by atoms with Crippen molar-refractivity contribution in [1.29, 1.82) is 0 Å². The summed E-state index contributed by atoms with van der Waals surface area (Å²) in [5.41, 5.74) is 1.74. The third-order valence-electron chi connectivity index (χ3n) is 3.71. The smallest absolute Gasteiger partial charge is 0.321 e. The van der Waals surface area contributed by atoms with E-state index in [9.17, 15) is 9.90 Å². The minimum absolute atomic E-state index is 0.168. The third-order valence-corrected chi connectivity index (χ3v) is 3.71. The standard InChI is InChI=1S/C17H26N2O4/c1-2-22-9-10-23-13-14-5-3-6-15(11-14)18-17(21)19-8-4-7-16(20)12-19/h3,5-6,11,16,20H,2,4,7-10,12-13H2,1H3,(H,18,21)/t16-/m1/s1. The SMILES string of the molecule is CCOCCOCc1cccc(NC(=O)N2CCC[C@@H](O)C2)c1. The summed E-state index contributed by atoms with van der Waals surface area (Å²) in [6, 6.07) is 7.43. The molecule has 128 valence electrons. The zero-order valence-electron chi connectivity index (χ0n) is 13.7. The quantitative estimate of drug-likeness (QED) is 0.755. The Hall–Kier alpha value is -1.63. The fourth-order valence-electron chi connectivity index (χ4n) is 2.53. The summed E-state index contributed by atoms with van der Waals surface area (Å²) in [4.78, 5) is 13.9. The van der Waals surface area contributed by atoms with Crippen molar-refractivity contribution < 1.29 is 19.4 Å². The van der Waals surface area contributed by atoms with Gasteiger partial charge in [-0.2, -0.15) is 0 Å². The number of ether oxygens (including phenoxy) is 2. The van der Waals surface area contributed by atoms with Gasteiger partial charge in [0.25, 0.3) is 0 Å². The van der Waals surface area contributed by atoms with Crippen LogP contribution in [0.3, 0.4) is 0 Å². The number of aliphatic hydroxyl groups is 1. The Kier molecular flexibility index (Phi) is 7.32. The number of piperidine rings is 1. The Balaban J connectivity index is 1.80. The number of hydrogen-bond donors (Lipinski definition) is 2. The second kappa shape index (κ2) is 9.50. The molecule has 0 spiro atoms. The molecule has 1 saturated heterocycles. The van der Waals surface area contributed by atoms with Crippen LogP contribution < -0.4 is 5.32 Å². The molecule has 0 bridgehead atoms. The molecule has 1 atom stereocenters. The molecule has 0 radical (unpaired) electrons. The van der Waals surface area contributed by atoms with E-state index >= 15 is 0 Å². The lowest BCUT2D eigenvalue weighted by atomic mass is 10.1. The van der Waals surface area contributed by atoms with Crippen LogP contribution in [0.25, 0.3) is 0 Å². The van der Waals surface area contributed by atoms with Crippen molar-refractivity contribution in [1.82, 2.24) is 4.90 Å². The fourth-order valence-corrected chi connectivity index (χ4v) is 2.53. The van der Waals surface area contributed by atoms with Crippen molar-refractivity contribution in [3.8, 4) is 0 Å². The van der Waals surface area contributed by atoms with E-state index in [1.807, 2.05) is 31.2 Å². The van der Waals surface area contributed by atoms with Crippen LogP contribution >= 0.6 is 0 Å². The molecule has 6 nitrogen and oxygen atoms in total. The van der Waals surface area contributed by atoms with Crippen molar-refractivity contribution in [2.45, 2.75) is 32.5 Å². The number of β-amino-alcohol motifs (C(OH)–C–C–N with tert-alkyl or cyclic N) is 1. The number of rotatable bonds is 7. The van der Waals surface area contributed by atoms with Crippen molar-refractivity contribution in [3.05, 3.63) is 29.8 Å². The molecule has 2 amide bonds. The van der Waals surface area contributed by atoms with E-state index in [1.165, 1.54) is 0 Å². The van der Waals surface area contributed by atoms with Crippen LogP contribution in [0.5, 0.6) is 0 Å². The molecule has 1 aromatic carbocycles. The number of likely N-dealkylation sites (tertiary alicyclic amines) is 1. The average Bonchev–Trinajstić information content (AvgIpc) is 2.55. The van der Waals surface area contributed by atoms with Gasteiger partial charge in [0, 0.05) is 25.4 Å². The number of aliphatic hydroxyl groups excluding tert-OH is 1. The third kappa shape index (κ3) is 6.17. The first-order valence-corrected chi connectivity index (χ1v) is 8.17. The van der Waals surface area contributed by atoms with Gasteiger partial charge >= 0.3 is 6.03 Å². The molecule has 1 aliphatic heterocycles. The summed E-state index contributed by atoms with van der Waals surface area (Å²) in [5.74, 6) is 0. The van der Waals surface area contributed by atoms with Crippen LogP contribution in [-0.4, -0.2) is 55.1 Å². The van der Waals surface area contributed by atoms with Crippen molar-refractivity contribution >= 4 is 11.7 Å². The van der Waals surface area contributed by atoms with Gasteiger partial charge in [0.1, 0.15) is 0 Å². The molecular formula is C17H26N2O4. The topological polar surface area (TPSA) is 71.0 Å². The maximum Gasteiger partial charge on any atom is 0.321 e. The maximum absolute atomic E-state index is 12.2. The summed E-state index contributed by atoms with van der Waals surface area (Å²) < 4.78 is 10.7. The molecule has 0 unspecified atom stereocenters. The van der Waals surface area contributed by atoms with Crippen molar-refractivity contribution in [2.24, 2.45) is 0 Å². The second-order valence-corrected chi connectivity index (χ2v) is 5.62. The minimum atomic E-state index is -0.417. The van der Waals surface area contributed by atoms with Gasteiger partial charge in [0.2, 0.25) is 0 Å². The zero-order valence-corrected chi connectivity index (χ0v) is 13.7. The monoisotopic (exact) mass is 322 g/mol.